The molecule has 0 aromatic heterocycles. The first-order valence-corrected chi connectivity index (χ1v) is 6.27. The Kier molecular flexibility index (Phi) is 5.20. The van der Waals surface area contributed by atoms with Gasteiger partial charge in [-0.3, -0.25) is 4.79 Å². The predicted octanol–water partition coefficient (Wildman–Crippen LogP) is 3.53. The fraction of sp³-hybridized carbons (Fsp3) is 0.385. The van der Waals surface area contributed by atoms with Crippen molar-refractivity contribution in [2.45, 2.75) is 26.4 Å². The van der Waals surface area contributed by atoms with Crippen LogP contribution in [-0.4, -0.2) is 24.5 Å². The highest BCUT2D eigenvalue weighted by Gasteiger charge is 2.17. The highest BCUT2D eigenvalue weighted by molar-refractivity contribution is 6.38. The maximum atomic E-state index is 11.5. The lowest BCUT2D eigenvalue weighted by molar-refractivity contribution is -0.157. The SMILES string of the molecule is CC(C)(C)OC(=O)COc1cc(Cl)c(C=O)c(Cl)c1. The molecule has 0 spiro atoms. The monoisotopic (exact) mass is 304 g/mol. The summed E-state index contributed by atoms with van der Waals surface area (Å²) in [5.74, 6) is -0.203. The molecule has 0 unspecified atom stereocenters. The van der Waals surface area contributed by atoms with Crippen LogP contribution >= 0.6 is 23.2 Å². The number of rotatable bonds is 4. The summed E-state index contributed by atoms with van der Waals surface area (Å²) in [6.45, 7) is 5.02. The van der Waals surface area contributed by atoms with Crippen molar-refractivity contribution >= 4 is 35.5 Å². The zero-order valence-corrected chi connectivity index (χ0v) is 12.3. The van der Waals surface area contributed by atoms with E-state index in [0.717, 1.165) is 0 Å². The third-order valence-electron chi connectivity index (χ3n) is 1.95. The zero-order valence-electron chi connectivity index (χ0n) is 10.8. The molecular weight excluding hydrogens is 291 g/mol. The highest BCUT2D eigenvalue weighted by Crippen LogP contribution is 2.29. The fourth-order valence-corrected chi connectivity index (χ4v) is 1.83. The minimum Gasteiger partial charge on any atom is -0.482 e. The molecule has 1 aromatic carbocycles. The standard InChI is InChI=1S/C13H14Cl2O4/c1-13(2,3)19-12(17)7-18-8-4-10(14)9(6-16)11(15)5-8/h4-6H,7H2,1-3H3. The Morgan fingerprint density at radius 3 is 2.21 bits per heavy atom. The summed E-state index contributed by atoms with van der Waals surface area (Å²) in [7, 11) is 0. The number of esters is 1. The van der Waals surface area contributed by atoms with E-state index in [0.29, 0.717) is 12.0 Å². The molecule has 0 atom stereocenters. The van der Waals surface area contributed by atoms with E-state index in [-0.39, 0.29) is 22.2 Å². The van der Waals surface area contributed by atoms with E-state index in [1.807, 2.05) is 0 Å². The van der Waals surface area contributed by atoms with Crippen LogP contribution in [0.4, 0.5) is 0 Å². The average Bonchev–Trinajstić information content (AvgIpc) is 2.23. The van der Waals surface area contributed by atoms with Crippen LogP contribution in [-0.2, 0) is 9.53 Å². The normalized spacial score (nSPS) is 11.0. The van der Waals surface area contributed by atoms with Crippen molar-refractivity contribution < 1.29 is 19.1 Å². The number of carbonyl (C=O) groups is 2. The van der Waals surface area contributed by atoms with Crippen LogP contribution in [0.15, 0.2) is 12.1 Å². The largest absolute Gasteiger partial charge is 0.482 e. The number of hydrogen-bond donors (Lipinski definition) is 0. The molecule has 0 saturated heterocycles. The molecule has 0 radical (unpaired) electrons. The second-order valence-electron chi connectivity index (χ2n) is 4.79. The summed E-state index contributed by atoms with van der Waals surface area (Å²) in [6, 6.07) is 2.84. The average molecular weight is 305 g/mol. The Hall–Kier alpha value is -1.26. The van der Waals surface area contributed by atoms with E-state index in [2.05, 4.69) is 0 Å². The molecule has 19 heavy (non-hydrogen) atoms. The van der Waals surface area contributed by atoms with E-state index in [9.17, 15) is 9.59 Å². The third kappa shape index (κ3) is 5.09. The van der Waals surface area contributed by atoms with Gasteiger partial charge < -0.3 is 9.47 Å². The van der Waals surface area contributed by atoms with Crippen molar-refractivity contribution in [3.63, 3.8) is 0 Å². The Morgan fingerprint density at radius 1 is 1.26 bits per heavy atom. The fourth-order valence-electron chi connectivity index (χ4n) is 1.27. The maximum absolute atomic E-state index is 11.5. The molecule has 0 fully saturated rings. The van der Waals surface area contributed by atoms with Crippen LogP contribution in [0.2, 0.25) is 10.0 Å². The molecular formula is C13H14Cl2O4. The number of benzene rings is 1. The van der Waals surface area contributed by atoms with Crippen molar-refractivity contribution in [1.29, 1.82) is 0 Å². The van der Waals surface area contributed by atoms with Gasteiger partial charge in [-0.25, -0.2) is 4.79 Å². The van der Waals surface area contributed by atoms with Crippen molar-refractivity contribution in [3.8, 4) is 5.75 Å². The van der Waals surface area contributed by atoms with Crippen molar-refractivity contribution in [2.24, 2.45) is 0 Å². The van der Waals surface area contributed by atoms with Crippen LogP contribution in [0, 0.1) is 0 Å². The summed E-state index contributed by atoms with van der Waals surface area (Å²) in [5, 5.41) is 0.336. The van der Waals surface area contributed by atoms with Gasteiger partial charge in [0.25, 0.3) is 0 Å². The maximum Gasteiger partial charge on any atom is 0.344 e. The lowest BCUT2D eigenvalue weighted by atomic mass is 10.2. The number of hydrogen-bond acceptors (Lipinski definition) is 4. The van der Waals surface area contributed by atoms with Gasteiger partial charge in [0.2, 0.25) is 0 Å². The Labute approximate surface area is 121 Å². The zero-order chi connectivity index (χ0) is 14.6. The van der Waals surface area contributed by atoms with E-state index < -0.39 is 11.6 Å². The van der Waals surface area contributed by atoms with Crippen LogP contribution in [0.3, 0.4) is 0 Å². The molecule has 1 rings (SSSR count). The molecule has 0 heterocycles. The van der Waals surface area contributed by atoms with E-state index >= 15 is 0 Å². The molecule has 104 valence electrons. The van der Waals surface area contributed by atoms with Gasteiger partial charge in [-0.15, -0.1) is 0 Å². The van der Waals surface area contributed by atoms with Gasteiger partial charge in [-0.1, -0.05) is 23.2 Å². The van der Waals surface area contributed by atoms with Crippen LogP contribution < -0.4 is 4.74 Å². The van der Waals surface area contributed by atoms with Crippen molar-refractivity contribution in [1.82, 2.24) is 0 Å². The smallest absolute Gasteiger partial charge is 0.344 e. The minimum atomic E-state index is -0.572. The molecule has 0 bridgehead atoms. The van der Waals surface area contributed by atoms with Crippen molar-refractivity contribution in [3.05, 3.63) is 27.7 Å². The summed E-state index contributed by atoms with van der Waals surface area (Å²) >= 11 is 11.7. The molecule has 0 saturated carbocycles. The molecule has 0 N–H and O–H groups in total. The van der Waals surface area contributed by atoms with E-state index in [1.54, 1.807) is 20.8 Å². The van der Waals surface area contributed by atoms with Crippen molar-refractivity contribution in [2.75, 3.05) is 6.61 Å². The quantitative estimate of drug-likeness (QED) is 0.631. The van der Waals surface area contributed by atoms with Gasteiger partial charge in [-0.05, 0) is 32.9 Å². The third-order valence-corrected chi connectivity index (χ3v) is 2.57. The van der Waals surface area contributed by atoms with Gasteiger partial charge in [-0.2, -0.15) is 0 Å². The first kappa shape index (κ1) is 15.8. The Morgan fingerprint density at radius 2 is 1.79 bits per heavy atom. The summed E-state index contributed by atoms with van der Waals surface area (Å²) < 4.78 is 10.3. The topological polar surface area (TPSA) is 52.6 Å². The van der Waals surface area contributed by atoms with Crippen LogP contribution in [0.25, 0.3) is 0 Å². The van der Waals surface area contributed by atoms with Gasteiger partial charge >= 0.3 is 5.97 Å². The number of carbonyl (C=O) groups excluding carboxylic acids is 2. The summed E-state index contributed by atoms with van der Waals surface area (Å²) in [4.78, 5) is 22.2. The molecule has 0 aliphatic rings. The van der Waals surface area contributed by atoms with Crippen LogP contribution in [0.5, 0.6) is 5.75 Å². The van der Waals surface area contributed by atoms with E-state index in [1.165, 1.54) is 12.1 Å². The summed E-state index contributed by atoms with van der Waals surface area (Å²) in [6.07, 6.45) is 0.558. The molecule has 4 nitrogen and oxygen atoms in total. The molecule has 1 aromatic rings. The number of halogens is 2. The van der Waals surface area contributed by atoms with Gasteiger partial charge in [0.15, 0.2) is 12.9 Å². The minimum absolute atomic E-state index is 0.168. The first-order chi connectivity index (χ1) is 8.73. The molecule has 0 amide bonds. The summed E-state index contributed by atoms with van der Waals surface area (Å²) in [5.41, 5.74) is -0.384. The predicted molar refractivity (Wildman–Crippen MR) is 73.2 cm³/mol. The second-order valence-corrected chi connectivity index (χ2v) is 5.61. The van der Waals surface area contributed by atoms with Gasteiger partial charge in [0.1, 0.15) is 11.4 Å². The molecule has 0 aliphatic carbocycles. The van der Waals surface area contributed by atoms with Gasteiger partial charge in [0.05, 0.1) is 15.6 Å². The Bertz CT molecular complexity index is 469. The van der Waals surface area contributed by atoms with Gasteiger partial charge in [0, 0.05) is 0 Å². The van der Waals surface area contributed by atoms with E-state index in [4.69, 9.17) is 32.7 Å². The first-order valence-electron chi connectivity index (χ1n) is 5.52. The number of aldehydes is 1. The number of ether oxygens (including phenoxy) is 2. The lowest BCUT2D eigenvalue weighted by Gasteiger charge is -2.19. The highest BCUT2D eigenvalue weighted by atomic mass is 35.5. The molecule has 0 aliphatic heterocycles. The Balaban J connectivity index is 2.69. The lowest BCUT2D eigenvalue weighted by Crippen LogP contribution is -2.27. The van der Waals surface area contributed by atoms with Crippen LogP contribution in [0.1, 0.15) is 31.1 Å². The second kappa shape index (κ2) is 6.26. The molecule has 6 heteroatoms.